The molecule has 3 N–H and O–H groups in total. The highest BCUT2D eigenvalue weighted by Crippen LogP contribution is 2.28. The van der Waals surface area contributed by atoms with Gasteiger partial charge in [0.25, 0.3) is 5.91 Å². The molecule has 3 aromatic carbocycles. The molecule has 252 valence electrons. The highest BCUT2D eigenvalue weighted by atomic mass is 16.5. The summed E-state index contributed by atoms with van der Waals surface area (Å²) in [6, 6.07) is 23.1. The maximum atomic E-state index is 14.3. The second-order valence-corrected chi connectivity index (χ2v) is 12.4. The van der Waals surface area contributed by atoms with E-state index in [0.29, 0.717) is 35.8 Å². The lowest BCUT2D eigenvalue weighted by atomic mass is 10.0. The third kappa shape index (κ3) is 10.6. The molecule has 1 heterocycles. The van der Waals surface area contributed by atoms with E-state index in [1.54, 1.807) is 42.0 Å². The molecule has 0 saturated heterocycles. The van der Waals surface area contributed by atoms with Crippen molar-refractivity contribution in [2.75, 3.05) is 44.0 Å². The number of carbonyl (C=O) groups is 3. The summed E-state index contributed by atoms with van der Waals surface area (Å²) < 4.78 is 12.7. The smallest absolute Gasteiger partial charge is 0.321 e. The molecule has 10 heteroatoms. The Labute approximate surface area is 278 Å². The Kier molecular flexibility index (Phi) is 13.2. The van der Waals surface area contributed by atoms with Crippen molar-refractivity contribution in [2.24, 2.45) is 5.92 Å². The molecule has 0 radical (unpaired) electrons. The van der Waals surface area contributed by atoms with Gasteiger partial charge in [-0.1, -0.05) is 55.5 Å². The summed E-state index contributed by atoms with van der Waals surface area (Å²) in [7, 11) is 1.72. The number of carbonyl (C=O) groups excluding carboxylic acids is 3. The lowest BCUT2D eigenvalue weighted by Gasteiger charge is -2.35. The largest absolute Gasteiger partial charge is 0.490 e. The number of fused-ring (bicyclic) bond motifs is 1. The Morgan fingerprint density at radius 3 is 2.38 bits per heavy atom. The number of hydrogen-bond donors (Lipinski definition) is 3. The van der Waals surface area contributed by atoms with Gasteiger partial charge in [0.05, 0.1) is 36.8 Å². The number of benzene rings is 3. The first-order valence-electron chi connectivity index (χ1n) is 16.4. The van der Waals surface area contributed by atoms with Crippen LogP contribution in [0.5, 0.6) is 5.75 Å². The fraction of sp³-hybridized carbons (Fsp3) is 0.432. The van der Waals surface area contributed by atoms with Gasteiger partial charge >= 0.3 is 6.03 Å². The van der Waals surface area contributed by atoms with Crippen molar-refractivity contribution < 1.29 is 29.0 Å². The summed E-state index contributed by atoms with van der Waals surface area (Å²) in [5.74, 6) is -0.299. The molecule has 4 rings (SSSR count). The SMILES string of the molecule is C[C@H](CO)N1C[C@H](C)[C@H](CN(C)C(=O)Nc2ccccc2)OCCCC[C@H](C)Oc2ccc(NC(=O)Cc3ccccc3)cc2C1=O. The van der Waals surface area contributed by atoms with Crippen molar-refractivity contribution in [3.05, 3.63) is 90.0 Å². The number of anilines is 2. The molecular formula is C37H48N4O6. The van der Waals surface area contributed by atoms with Gasteiger partial charge in [-0.2, -0.15) is 0 Å². The van der Waals surface area contributed by atoms with Crippen LogP contribution in [-0.4, -0.2) is 84.4 Å². The average molecular weight is 645 g/mol. The van der Waals surface area contributed by atoms with E-state index in [9.17, 15) is 19.5 Å². The molecule has 10 nitrogen and oxygen atoms in total. The Bertz CT molecular complexity index is 1450. The Hall–Kier alpha value is -4.41. The molecule has 0 unspecified atom stereocenters. The van der Waals surface area contributed by atoms with Crippen molar-refractivity contribution in [1.29, 1.82) is 0 Å². The number of hydrogen-bond acceptors (Lipinski definition) is 6. The molecule has 4 amide bonds. The summed E-state index contributed by atoms with van der Waals surface area (Å²) in [6.45, 7) is 6.57. The number of rotatable bonds is 8. The summed E-state index contributed by atoms with van der Waals surface area (Å²) in [5, 5.41) is 16.0. The van der Waals surface area contributed by atoms with Crippen LogP contribution in [0, 0.1) is 5.92 Å². The first-order valence-corrected chi connectivity index (χ1v) is 16.4. The Morgan fingerprint density at radius 1 is 0.979 bits per heavy atom. The minimum Gasteiger partial charge on any atom is -0.490 e. The number of urea groups is 1. The fourth-order valence-electron chi connectivity index (χ4n) is 5.54. The average Bonchev–Trinajstić information content (AvgIpc) is 3.06. The van der Waals surface area contributed by atoms with Gasteiger partial charge in [0, 0.05) is 44.0 Å². The van der Waals surface area contributed by atoms with Crippen molar-refractivity contribution >= 4 is 29.2 Å². The predicted molar refractivity (Wildman–Crippen MR) is 184 cm³/mol. The fourth-order valence-corrected chi connectivity index (χ4v) is 5.54. The van der Waals surface area contributed by atoms with Crippen LogP contribution in [-0.2, 0) is 16.0 Å². The minimum atomic E-state index is -0.515. The van der Waals surface area contributed by atoms with Crippen LogP contribution in [0.15, 0.2) is 78.9 Å². The molecule has 3 aromatic rings. The van der Waals surface area contributed by atoms with E-state index in [2.05, 4.69) is 10.6 Å². The number of amides is 4. The van der Waals surface area contributed by atoms with E-state index in [4.69, 9.17) is 9.47 Å². The number of likely N-dealkylation sites (N-methyl/N-ethyl adjacent to an activating group) is 1. The van der Waals surface area contributed by atoms with Crippen LogP contribution in [0.25, 0.3) is 0 Å². The molecule has 0 aromatic heterocycles. The number of aliphatic hydroxyl groups excluding tert-OH is 1. The zero-order valence-corrected chi connectivity index (χ0v) is 27.9. The van der Waals surface area contributed by atoms with E-state index in [-0.39, 0.29) is 55.5 Å². The molecule has 47 heavy (non-hydrogen) atoms. The van der Waals surface area contributed by atoms with E-state index in [1.807, 2.05) is 74.5 Å². The van der Waals surface area contributed by atoms with Crippen LogP contribution in [0.1, 0.15) is 56.0 Å². The molecular weight excluding hydrogens is 596 g/mol. The van der Waals surface area contributed by atoms with Gasteiger partial charge in [0.15, 0.2) is 0 Å². The molecule has 4 atom stereocenters. The highest BCUT2D eigenvalue weighted by Gasteiger charge is 2.31. The van der Waals surface area contributed by atoms with Crippen molar-refractivity contribution in [2.45, 2.75) is 64.7 Å². The summed E-state index contributed by atoms with van der Waals surface area (Å²) in [5.41, 5.74) is 2.36. The quantitative estimate of drug-likeness (QED) is 0.284. The second-order valence-electron chi connectivity index (χ2n) is 12.4. The number of aliphatic hydroxyl groups is 1. The maximum absolute atomic E-state index is 14.3. The Balaban J connectivity index is 1.58. The van der Waals surface area contributed by atoms with Crippen molar-refractivity contribution in [3.8, 4) is 5.75 Å². The van der Waals surface area contributed by atoms with Gasteiger partial charge in [-0.15, -0.1) is 0 Å². The van der Waals surface area contributed by atoms with Gasteiger partial charge < -0.3 is 35.0 Å². The normalized spacial score (nSPS) is 19.8. The lowest BCUT2D eigenvalue weighted by Crippen LogP contribution is -2.48. The van der Waals surface area contributed by atoms with Gasteiger partial charge in [0.2, 0.25) is 5.91 Å². The third-order valence-corrected chi connectivity index (χ3v) is 8.37. The van der Waals surface area contributed by atoms with Crippen LogP contribution in [0.4, 0.5) is 16.2 Å². The minimum absolute atomic E-state index is 0.172. The molecule has 0 aliphatic carbocycles. The molecule has 0 saturated carbocycles. The van der Waals surface area contributed by atoms with Crippen LogP contribution >= 0.6 is 0 Å². The topological polar surface area (TPSA) is 120 Å². The van der Waals surface area contributed by atoms with Crippen LogP contribution in [0.2, 0.25) is 0 Å². The highest BCUT2D eigenvalue weighted by molar-refractivity contribution is 6.00. The van der Waals surface area contributed by atoms with Gasteiger partial charge in [0.1, 0.15) is 5.75 Å². The summed E-state index contributed by atoms with van der Waals surface area (Å²) in [6.07, 6.45) is 2.08. The summed E-state index contributed by atoms with van der Waals surface area (Å²) >= 11 is 0. The van der Waals surface area contributed by atoms with E-state index in [1.165, 1.54) is 0 Å². The van der Waals surface area contributed by atoms with Crippen molar-refractivity contribution in [3.63, 3.8) is 0 Å². The predicted octanol–water partition coefficient (Wildman–Crippen LogP) is 5.83. The van der Waals surface area contributed by atoms with Gasteiger partial charge in [-0.3, -0.25) is 9.59 Å². The molecule has 0 spiro atoms. The van der Waals surface area contributed by atoms with E-state index < -0.39 is 6.04 Å². The zero-order valence-electron chi connectivity index (χ0n) is 27.9. The number of para-hydroxylation sites is 1. The molecule has 1 aliphatic rings. The van der Waals surface area contributed by atoms with Crippen LogP contribution < -0.4 is 15.4 Å². The number of nitrogens with zero attached hydrogens (tertiary/aromatic N) is 2. The molecule has 1 aliphatic heterocycles. The van der Waals surface area contributed by atoms with Crippen LogP contribution in [0.3, 0.4) is 0 Å². The van der Waals surface area contributed by atoms with E-state index in [0.717, 1.165) is 24.8 Å². The second kappa shape index (κ2) is 17.5. The van der Waals surface area contributed by atoms with Gasteiger partial charge in [-0.05, 0) is 69.0 Å². The van der Waals surface area contributed by atoms with Crippen molar-refractivity contribution in [1.82, 2.24) is 9.80 Å². The third-order valence-electron chi connectivity index (χ3n) is 8.37. The lowest BCUT2D eigenvalue weighted by molar-refractivity contribution is -0.115. The Morgan fingerprint density at radius 2 is 1.68 bits per heavy atom. The van der Waals surface area contributed by atoms with E-state index >= 15 is 0 Å². The first-order chi connectivity index (χ1) is 22.6. The molecule has 0 bridgehead atoms. The summed E-state index contributed by atoms with van der Waals surface area (Å²) in [4.78, 5) is 43.5. The monoisotopic (exact) mass is 644 g/mol. The standard InChI is InChI=1S/C37H48N4O6/c1-26-23-41(27(2)25-42)36(44)32-22-31(38-35(43)21-29-14-7-5-8-15-29)18-19-33(32)47-28(3)13-11-12-20-46-34(26)24-40(4)37(45)39-30-16-9-6-10-17-30/h5-10,14-19,22,26-28,34,42H,11-13,20-21,23-25H2,1-4H3,(H,38,43)(H,39,45)/t26-,27+,28-,34-/m0/s1. The first kappa shape index (κ1) is 35.4. The molecule has 0 fully saturated rings. The number of nitrogens with one attached hydrogen (secondary N) is 2. The van der Waals surface area contributed by atoms with Gasteiger partial charge in [-0.25, -0.2) is 4.79 Å². The number of ether oxygens (including phenoxy) is 2. The zero-order chi connectivity index (χ0) is 33.8. The maximum Gasteiger partial charge on any atom is 0.321 e.